The molecule has 132 valence electrons. The third-order valence-corrected chi connectivity index (χ3v) is 5.55. The second-order valence-electron chi connectivity index (χ2n) is 6.39. The van der Waals surface area contributed by atoms with Crippen LogP contribution in [0.5, 0.6) is 5.88 Å². The molecule has 7 heteroatoms. The average Bonchev–Trinajstić information content (AvgIpc) is 2.91. The lowest BCUT2D eigenvalue weighted by Gasteiger charge is -2.14. The Morgan fingerprint density at radius 1 is 1.32 bits per heavy atom. The van der Waals surface area contributed by atoms with Crippen molar-refractivity contribution in [1.29, 1.82) is 0 Å². The molecule has 0 fully saturated rings. The number of ether oxygens (including phenoxy) is 1. The minimum atomic E-state index is -3.23. The molecular formula is C18H20N2O4S. The predicted octanol–water partition coefficient (Wildman–Crippen LogP) is 2.41. The number of aromatic nitrogens is 1. The van der Waals surface area contributed by atoms with E-state index in [1.165, 1.54) is 13.2 Å². The number of amides is 1. The van der Waals surface area contributed by atoms with Crippen molar-refractivity contribution in [2.24, 2.45) is 0 Å². The van der Waals surface area contributed by atoms with Gasteiger partial charge in [0.25, 0.3) is 5.91 Å². The van der Waals surface area contributed by atoms with E-state index < -0.39 is 21.8 Å². The van der Waals surface area contributed by atoms with E-state index in [4.69, 9.17) is 4.74 Å². The Kier molecular flexibility index (Phi) is 4.51. The van der Waals surface area contributed by atoms with Crippen molar-refractivity contribution >= 4 is 26.6 Å². The zero-order chi connectivity index (χ0) is 18.2. The van der Waals surface area contributed by atoms with E-state index in [-0.39, 0.29) is 17.2 Å². The third kappa shape index (κ3) is 3.66. The Morgan fingerprint density at radius 3 is 2.68 bits per heavy atom. The molecule has 0 aliphatic carbocycles. The molecule has 1 aliphatic heterocycles. The quantitative estimate of drug-likeness (QED) is 0.905. The van der Waals surface area contributed by atoms with Crippen LogP contribution in [0.1, 0.15) is 35.7 Å². The molecule has 1 unspecified atom stereocenters. The van der Waals surface area contributed by atoms with Crippen LogP contribution in [0.3, 0.4) is 0 Å². The highest BCUT2D eigenvalue weighted by Crippen LogP contribution is 2.26. The Labute approximate surface area is 146 Å². The van der Waals surface area contributed by atoms with Crippen LogP contribution in [0, 0.1) is 0 Å². The molecule has 1 N–H and O–H groups in total. The van der Waals surface area contributed by atoms with Gasteiger partial charge in [-0.05, 0) is 35.8 Å². The summed E-state index contributed by atoms with van der Waals surface area (Å²) in [5.74, 6) is 0.0391. The van der Waals surface area contributed by atoms with Crippen LogP contribution in [0.4, 0.5) is 0 Å². The highest BCUT2D eigenvalue weighted by Gasteiger charge is 2.25. The number of pyridine rings is 1. The monoisotopic (exact) mass is 360 g/mol. The van der Waals surface area contributed by atoms with Crippen LogP contribution >= 0.6 is 0 Å². The number of nitrogens with one attached hydrogen (secondary N) is 1. The van der Waals surface area contributed by atoms with Crippen molar-refractivity contribution in [3.63, 3.8) is 0 Å². The number of hydrogen-bond donors (Lipinski definition) is 1. The standard InChI is InChI=1S/C18H20N2O4S/c1-11(2)12-4-5-16-13(8-12)9-15(18(20-16)24-3)17(21)19-14-6-7-25(22,23)10-14/h4-9,11,14H,10H2,1-3H3,(H,19,21). The summed E-state index contributed by atoms with van der Waals surface area (Å²) in [6, 6.07) is 7.10. The Balaban J connectivity index is 1.96. The van der Waals surface area contributed by atoms with Crippen LogP contribution in [-0.2, 0) is 9.84 Å². The van der Waals surface area contributed by atoms with Gasteiger partial charge in [0.1, 0.15) is 5.56 Å². The van der Waals surface area contributed by atoms with Gasteiger partial charge in [-0.3, -0.25) is 4.79 Å². The van der Waals surface area contributed by atoms with E-state index in [0.29, 0.717) is 5.92 Å². The molecule has 1 amide bonds. The summed E-state index contributed by atoms with van der Waals surface area (Å²) in [4.78, 5) is 17.0. The predicted molar refractivity (Wildman–Crippen MR) is 96.6 cm³/mol. The number of hydrogen-bond acceptors (Lipinski definition) is 5. The molecule has 1 aromatic carbocycles. The van der Waals surface area contributed by atoms with E-state index in [1.54, 1.807) is 6.07 Å². The van der Waals surface area contributed by atoms with Gasteiger partial charge in [0.15, 0.2) is 9.84 Å². The van der Waals surface area contributed by atoms with Crippen LogP contribution in [0.15, 0.2) is 35.7 Å². The molecule has 1 aromatic heterocycles. The SMILES string of the molecule is COc1nc2ccc(C(C)C)cc2cc1C(=O)NC1C=CS(=O)(=O)C1. The maximum atomic E-state index is 12.6. The number of carbonyl (C=O) groups excluding carboxylic acids is 1. The van der Waals surface area contributed by atoms with Crippen molar-refractivity contribution in [1.82, 2.24) is 10.3 Å². The van der Waals surface area contributed by atoms with Gasteiger partial charge >= 0.3 is 0 Å². The van der Waals surface area contributed by atoms with Gasteiger partial charge in [0, 0.05) is 10.8 Å². The Hall–Kier alpha value is -2.41. The maximum absolute atomic E-state index is 12.6. The lowest BCUT2D eigenvalue weighted by atomic mass is 10.0. The minimum Gasteiger partial charge on any atom is -0.480 e. The molecule has 1 atom stereocenters. The number of nitrogens with zero attached hydrogens (tertiary/aromatic N) is 1. The zero-order valence-electron chi connectivity index (χ0n) is 14.3. The first-order valence-electron chi connectivity index (χ1n) is 7.99. The van der Waals surface area contributed by atoms with E-state index >= 15 is 0 Å². The van der Waals surface area contributed by atoms with Gasteiger partial charge in [-0.15, -0.1) is 0 Å². The largest absolute Gasteiger partial charge is 0.480 e. The summed E-state index contributed by atoms with van der Waals surface area (Å²) in [6.07, 6.45) is 1.48. The van der Waals surface area contributed by atoms with Gasteiger partial charge in [-0.1, -0.05) is 19.9 Å². The normalized spacial score (nSPS) is 18.6. The first-order chi connectivity index (χ1) is 11.8. The topological polar surface area (TPSA) is 85.4 Å². The van der Waals surface area contributed by atoms with E-state index in [0.717, 1.165) is 21.9 Å². The molecule has 0 bridgehead atoms. The van der Waals surface area contributed by atoms with Gasteiger partial charge in [-0.25, -0.2) is 13.4 Å². The minimum absolute atomic E-state index is 0.125. The maximum Gasteiger partial charge on any atom is 0.257 e. The van der Waals surface area contributed by atoms with Crippen molar-refractivity contribution < 1.29 is 17.9 Å². The number of rotatable bonds is 4. The number of benzene rings is 1. The van der Waals surface area contributed by atoms with Gasteiger partial charge in [0.2, 0.25) is 5.88 Å². The zero-order valence-corrected chi connectivity index (χ0v) is 15.1. The summed E-state index contributed by atoms with van der Waals surface area (Å²) in [7, 11) is -1.78. The van der Waals surface area contributed by atoms with Gasteiger partial charge in [0.05, 0.1) is 24.4 Å². The van der Waals surface area contributed by atoms with Crippen LogP contribution in [-0.4, -0.2) is 38.2 Å². The van der Waals surface area contributed by atoms with Crippen LogP contribution < -0.4 is 10.1 Å². The van der Waals surface area contributed by atoms with Crippen molar-refractivity contribution in [3.05, 3.63) is 46.9 Å². The number of methoxy groups -OCH3 is 1. The number of fused-ring (bicyclic) bond motifs is 1. The molecule has 2 heterocycles. The molecule has 25 heavy (non-hydrogen) atoms. The van der Waals surface area contributed by atoms with Gasteiger partial charge in [-0.2, -0.15) is 0 Å². The molecule has 0 radical (unpaired) electrons. The lowest BCUT2D eigenvalue weighted by Crippen LogP contribution is -2.35. The van der Waals surface area contributed by atoms with E-state index in [2.05, 4.69) is 24.1 Å². The number of sulfone groups is 1. The lowest BCUT2D eigenvalue weighted by molar-refractivity contribution is 0.0944. The molecular weight excluding hydrogens is 340 g/mol. The number of carbonyl (C=O) groups is 1. The fourth-order valence-electron chi connectivity index (χ4n) is 2.77. The Morgan fingerprint density at radius 2 is 2.08 bits per heavy atom. The van der Waals surface area contributed by atoms with Crippen molar-refractivity contribution in [2.45, 2.75) is 25.8 Å². The molecule has 2 aromatic rings. The first kappa shape index (κ1) is 17.4. The van der Waals surface area contributed by atoms with Crippen LogP contribution in [0.25, 0.3) is 10.9 Å². The molecule has 1 aliphatic rings. The first-order valence-corrected chi connectivity index (χ1v) is 9.71. The summed E-state index contributed by atoms with van der Waals surface area (Å²) in [5.41, 5.74) is 2.17. The second kappa shape index (κ2) is 6.48. The van der Waals surface area contributed by atoms with E-state index in [9.17, 15) is 13.2 Å². The third-order valence-electron chi connectivity index (χ3n) is 4.16. The van der Waals surface area contributed by atoms with E-state index in [1.807, 2.05) is 18.2 Å². The fraction of sp³-hybridized carbons (Fsp3) is 0.333. The second-order valence-corrected chi connectivity index (χ2v) is 8.32. The molecule has 0 spiro atoms. The van der Waals surface area contributed by atoms with Crippen LogP contribution in [0.2, 0.25) is 0 Å². The Bertz CT molecular complexity index is 964. The summed E-state index contributed by atoms with van der Waals surface area (Å²) in [6.45, 7) is 4.19. The fourth-order valence-corrected chi connectivity index (χ4v) is 4.00. The summed E-state index contributed by atoms with van der Waals surface area (Å²) >= 11 is 0. The average molecular weight is 360 g/mol. The molecule has 3 rings (SSSR count). The smallest absolute Gasteiger partial charge is 0.257 e. The van der Waals surface area contributed by atoms with Crippen molar-refractivity contribution in [2.75, 3.05) is 12.9 Å². The molecule has 0 saturated carbocycles. The summed E-state index contributed by atoms with van der Waals surface area (Å²) < 4.78 is 28.2. The molecule has 0 saturated heterocycles. The summed E-state index contributed by atoms with van der Waals surface area (Å²) in [5, 5.41) is 4.67. The van der Waals surface area contributed by atoms with Gasteiger partial charge < -0.3 is 10.1 Å². The van der Waals surface area contributed by atoms with Crippen molar-refractivity contribution in [3.8, 4) is 5.88 Å². The highest BCUT2D eigenvalue weighted by molar-refractivity contribution is 7.94. The highest BCUT2D eigenvalue weighted by atomic mass is 32.2. The molecule has 6 nitrogen and oxygen atoms in total.